The van der Waals surface area contributed by atoms with Crippen molar-refractivity contribution in [3.63, 3.8) is 0 Å². The Bertz CT molecular complexity index is 1200. The number of amides is 2. The molecule has 0 radical (unpaired) electrons. The van der Waals surface area contributed by atoms with Crippen molar-refractivity contribution >= 4 is 46.1 Å². The number of rotatable bonds is 8. The summed E-state index contributed by atoms with van der Waals surface area (Å²) in [7, 11) is 0. The molecule has 2 aliphatic rings. The van der Waals surface area contributed by atoms with Gasteiger partial charge in [-0.1, -0.05) is 42.1 Å². The number of nitrogens with zero attached hydrogens (tertiary/aromatic N) is 2. The third kappa shape index (κ3) is 6.15. The summed E-state index contributed by atoms with van der Waals surface area (Å²) in [6.45, 7) is 4.67. The van der Waals surface area contributed by atoms with Crippen molar-refractivity contribution in [3.05, 3.63) is 71.4 Å². The third-order valence-corrected chi connectivity index (χ3v) is 6.96. The van der Waals surface area contributed by atoms with Gasteiger partial charge in [0.15, 0.2) is 5.17 Å². The minimum atomic E-state index is -0.396. The summed E-state index contributed by atoms with van der Waals surface area (Å²) in [4.78, 5) is 44.5. The van der Waals surface area contributed by atoms with Crippen molar-refractivity contribution in [2.24, 2.45) is 4.99 Å². The predicted octanol–water partition coefficient (Wildman–Crippen LogP) is 4.73. The number of allylic oxidation sites excluding steroid dienone is 1. The Hall–Kier alpha value is -3.59. The molecule has 0 aliphatic carbocycles. The van der Waals surface area contributed by atoms with Crippen molar-refractivity contribution in [2.45, 2.75) is 39.2 Å². The molecule has 2 heterocycles. The summed E-state index contributed by atoms with van der Waals surface area (Å²) in [5, 5.41) is 6.78. The first-order valence-electron chi connectivity index (χ1n) is 12.1. The van der Waals surface area contributed by atoms with Crippen LogP contribution in [0.4, 0.5) is 11.4 Å². The van der Waals surface area contributed by atoms with E-state index in [4.69, 9.17) is 9.73 Å². The van der Waals surface area contributed by atoms with E-state index in [0.29, 0.717) is 22.6 Å². The fraction of sp³-hybridized carbons (Fsp3) is 0.333. The second kappa shape index (κ2) is 11.9. The first-order valence-corrected chi connectivity index (χ1v) is 13.1. The lowest BCUT2D eigenvalue weighted by Gasteiger charge is -2.41. The first kappa shape index (κ1) is 25.5. The number of ether oxygens (including phenoxy) is 1. The number of carbonyl (C=O) groups excluding carboxylic acids is 3. The molecule has 2 aliphatic heterocycles. The fourth-order valence-corrected chi connectivity index (χ4v) is 5.30. The maximum Gasteiger partial charge on any atom is 0.306 e. The smallest absolute Gasteiger partial charge is 0.306 e. The Morgan fingerprint density at radius 2 is 1.83 bits per heavy atom. The van der Waals surface area contributed by atoms with Gasteiger partial charge >= 0.3 is 5.97 Å². The van der Waals surface area contributed by atoms with Gasteiger partial charge in [-0.3, -0.25) is 14.4 Å². The highest BCUT2D eigenvalue weighted by Gasteiger charge is 2.37. The quantitative estimate of drug-likeness (QED) is 0.502. The van der Waals surface area contributed by atoms with Gasteiger partial charge in [0.25, 0.3) is 5.91 Å². The predicted molar refractivity (Wildman–Crippen MR) is 143 cm³/mol. The fourth-order valence-electron chi connectivity index (χ4n) is 4.28. The maximum absolute atomic E-state index is 13.5. The Labute approximate surface area is 215 Å². The Morgan fingerprint density at radius 3 is 2.61 bits per heavy atom. The van der Waals surface area contributed by atoms with Gasteiger partial charge in [-0.2, -0.15) is 0 Å². The zero-order valence-electron chi connectivity index (χ0n) is 20.5. The Balaban J connectivity index is 1.60. The SMILES string of the molecule is CCOC(=O)CCC(=O)Nc1cccc(C2C(C(=O)Nc3ccccc3)=C(C)N=C3SCCCN32)c1. The standard InChI is InChI=1S/C27H30N4O4S/c1-3-35-23(33)14-13-22(32)29-21-12-7-9-19(17-21)25-24(26(34)30-20-10-5-4-6-11-20)18(2)28-27-31(25)15-8-16-36-27/h4-7,9-12,17,25H,3,8,13-16H2,1-2H3,(H,29,32)(H,30,34). The molecule has 0 bridgehead atoms. The minimum absolute atomic E-state index is 0.0263. The number of carbonyl (C=O) groups is 3. The van der Waals surface area contributed by atoms with Crippen LogP contribution in [-0.2, 0) is 19.1 Å². The second-order valence-corrected chi connectivity index (χ2v) is 9.55. The number of hydrogen-bond donors (Lipinski definition) is 2. The molecule has 2 N–H and O–H groups in total. The van der Waals surface area contributed by atoms with E-state index < -0.39 is 5.97 Å². The molecule has 2 amide bonds. The van der Waals surface area contributed by atoms with E-state index in [-0.39, 0.29) is 37.3 Å². The lowest BCUT2D eigenvalue weighted by Crippen LogP contribution is -2.43. The van der Waals surface area contributed by atoms with Gasteiger partial charge in [0.1, 0.15) is 0 Å². The number of benzene rings is 2. The molecule has 188 valence electrons. The van der Waals surface area contributed by atoms with Crippen LogP contribution < -0.4 is 10.6 Å². The van der Waals surface area contributed by atoms with E-state index in [1.165, 1.54) is 0 Å². The van der Waals surface area contributed by atoms with Crippen LogP contribution in [0.25, 0.3) is 0 Å². The zero-order valence-corrected chi connectivity index (χ0v) is 21.3. The summed E-state index contributed by atoms with van der Waals surface area (Å²) in [6.07, 6.45) is 1.05. The van der Waals surface area contributed by atoms with E-state index >= 15 is 0 Å². The van der Waals surface area contributed by atoms with Crippen LogP contribution in [0.3, 0.4) is 0 Å². The average Bonchev–Trinajstić information content (AvgIpc) is 2.87. The van der Waals surface area contributed by atoms with E-state index in [9.17, 15) is 14.4 Å². The summed E-state index contributed by atoms with van der Waals surface area (Å²) in [5.74, 6) is 0.115. The van der Waals surface area contributed by atoms with Crippen LogP contribution in [0.1, 0.15) is 44.7 Å². The molecule has 8 nitrogen and oxygen atoms in total. The molecule has 0 aromatic heterocycles. The molecule has 4 rings (SSSR count). The number of para-hydroxylation sites is 1. The van der Waals surface area contributed by atoms with Gasteiger partial charge in [-0.05, 0) is 50.1 Å². The molecule has 0 spiro atoms. The molecule has 1 unspecified atom stereocenters. The number of esters is 1. The van der Waals surface area contributed by atoms with Crippen LogP contribution in [0.2, 0.25) is 0 Å². The van der Waals surface area contributed by atoms with E-state index in [1.54, 1.807) is 24.8 Å². The van der Waals surface area contributed by atoms with E-state index in [0.717, 1.165) is 29.4 Å². The zero-order chi connectivity index (χ0) is 25.5. The van der Waals surface area contributed by atoms with Gasteiger partial charge in [0.05, 0.1) is 30.3 Å². The minimum Gasteiger partial charge on any atom is -0.466 e. The topological polar surface area (TPSA) is 100 Å². The highest BCUT2D eigenvalue weighted by molar-refractivity contribution is 8.13. The lowest BCUT2D eigenvalue weighted by molar-refractivity contribution is -0.144. The van der Waals surface area contributed by atoms with Gasteiger partial charge in [-0.25, -0.2) is 4.99 Å². The van der Waals surface area contributed by atoms with Crippen LogP contribution in [-0.4, -0.2) is 46.8 Å². The summed E-state index contributed by atoms with van der Waals surface area (Å²) in [6, 6.07) is 16.5. The first-order chi connectivity index (χ1) is 17.5. The molecule has 1 atom stereocenters. The maximum atomic E-state index is 13.5. The number of aliphatic imine (C=N–C) groups is 1. The number of thioether (sulfide) groups is 1. The van der Waals surface area contributed by atoms with Crippen LogP contribution in [0.15, 0.2) is 70.9 Å². The summed E-state index contributed by atoms with van der Waals surface area (Å²) in [5.41, 5.74) is 3.46. The molecule has 36 heavy (non-hydrogen) atoms. The van der Waals surface area contributed by atoms with Crippen molar-refractivity contribution in [2.75, 3.05) is 29.5 Å². The van der Waals surface area contributed by atoms with Crippen LogP contribution in [0, 0.1) is 0 Å². The van der Waals surface area contributed by atoms with Gasteiger partial charge in [0, 0.05) is 30.1 Å². The largest absolute Gasteiger partial charge is 0.466 e. The van der Waals surface area contributed by atoms with Gasteiger partial charge in [0.2, 0.25) is 5.91 Å². The monoisotopic (exact) mass is 506 g/mol. The van der Waals surface area contributed by atoms with E-state index in [2.05, 4.69) is 15.5 Å². The Kier molecular flexibility index (Phi) is 8.43. The third-order valence-electron chi connectivity index (χ3n) is 5.88. The molecule has 9 heteroatoms. The number of nitrogens with one attached hydrogen (secondary N) is 2. The van der Waals surface area contributed by atoms with Gasteiger partial charge < -0.3 is 20.3 Å². The number of hydrogen-bond acceptors (Lipinski definition) is 7. The number of anilines is 2. The molecule has 1 fully saturated rings. The Morgan fingerprint density at radius 1 is 1.06 bits per heavy atom. The summed E-state index contributed by atoms with van der Waals surface area (Å²) < 4.78 is 4.90. The second-order valence-electron chi connectivity index (χ2n) is 8.49. The van der Waals surface area contributed by atoms with Crippen molar-refractivity contribution in [3.8, 4) is 0 Å². The molecule has 0 saturated carbocycles. The van der Waals surface area contributed by atoms with Crippen LogP contribution in [0.5, 0.6) is 0 Å². The van der Waals surface area contributed by atoms with Crippen molar-refractivity contribution in [1.29, 1.82) is 0 Å². The van der Waals surface area contributed by atoms with Crippen LogP contribution >= 0.6 is 11.8 Å². The van der Waals surface area contributed by atoms with Gasteiger partial charge in [-0.15, -0.1) is 0 Å². The van der Waals surface area contributed by atoms with Crippen molar-refractivity contribution < 1.29 is 19.1 Å². The number of fused-ring (bicyclic) bond motifs is 1. The highest BCUT2D eigenvalue weighted by Crippen LogP contribution is 2.40. The highest BCUT2D eigenvalue weighted by atomic mass is 32.2. The molecule has 2 aromatic rings. The lowest BCUT2D eigenvalue weighted by atomic mass is 9.93. The summed E-state index contributed by atoms with van der Waals surface area (Å²) >= 11 is 1.69. The molecular formula is C27H30N4O4S. The normalized spacial score (nSPS) is 17.1. The average molecular weight is 507 g/mol. The molecule has 1 saturated heterocycles. The van der Waals surface area contributed by atoms with E-state index in [1.807, 2.05) is 55.5 Å². The number of amidine groups is 1. The molecular weight excluding hydrogens is 476 g/mol. The molecule has 2 aromatic carbocycles. The van der Waals surface area contributed by atoms with Crippen molar-refractivity contribution in [1.82, 2.24) is 4.90 Å².